The van der Waals surface area contributed by atoms with E-state index < -0.39 is 17.6 Å². The van der Waals surface area contributed by atoms with Crippen molar-refractivity contribution >= 4 is 17.9 Å². The number of carbonyl (C=O) groups excluding carboxylic acids is 3. The standard InChI is InChI=1S/C15H27N3O4/c1-9(2)11(18-14(21)22-5)12(19)16-8-15(6-7-15)13(20)17-10(3)4/h9-11H,6-8H2,1-5H3,(H,16,19)(H,17,20)(H,18,21)/t11-/m0/s1. The highest BCUT2D eigenvalue weighted by Gasteiger charge is 2.50. The molecule has 126 valence electrons. The Morgan fingerprint density at radius 3 is 2.09 bits per heavy atom. The van der Waals surface area contributed by atoms with Gasteiger partial charge in [0, 0.05) is 12.6 Å². The smallest absolute Gasteiger partial charge is 0.407 e. The number of ether oxygens (including phenoxy) is 1. The van der Waals surface area contributed by atoms with Gasteiger partial charge in [-0.15, -0.1) is 0 Å². The second-order valence-corrected chi connectivity index (χ2v) is 6.48. The number of nitrogens with one attached hydrogen (secondary N) is 3. The molecule has 7 heteroatoms. The van der Waals surface area contributed by atoms with Gasteiger partial charge in [0.25, 0.3) is 0 Å². The molecule has 0 unspecified atom stereocenters. The van der Waals surface area contributed by atoms with Crippen LogP contribution in [0.3, 0.4) is 0 Å². The monoisotopic (exact) mass is 313 g/mol. The molecule has 1 aliphatic carbocycles. The zero-order valence-electron chi connectivity index (χ0n) is 14.0. The van der Waals surface area contributed by atoms with E-state index in [1.807, 2.05) is 27.7 Å². The first-order valence-electron chi connectivity index (χ1n) is 7.65. The van der Waals surface area contributed by atoms with Crippen LogP contribution in [0, 0.1) is 11.3 Å². The van der Waals surface area contributed by atoms with Crippen LogP contribution >= 0.6 is 0 Å². The molecule has 0 radical (unpaired) electrons. The maximum absolute atomic E-state index is 12.2. The third-order valence-electron chi connectivity index (χ3n) is 3.76. The van der Waals surface area contributed by atoms with Gasteiger partial charge >= 0.3 is 6.09 Å². The van der Waals surface area contributed by atoms with E-state index in [0.717, 1.165) is 12.8 Å². The highest BCUT2D eigenvalue weighted by Crippen LogP contribution is 2.45. The van der Waals surface area contributed by atoms with E-state index in [1.165, 1.54) is 7.11 Å². The third kappa shape index (κ3) is 4.89. The van der Waals surface area contributed by atoms with E-state index in [2.05, 4.69) is 20.7 Å². The van der Waals surface area contributed by atoms with Gasteiger partial charge in [0.1, 0.15) is 6.04 Å². The van der Waals surface area contributed by atoms with Gasteiger partial charge in [-0.05, 0) is 32.6 Å². The lowest BCUT2D eigenvalue weighted by molar-refractivity contribution is -0.128. The molecule has 7 nitrogen and oxygen atoms in total. The van der Waals surface area contributed by atoms with Gasteiger partial charge < -0.3 is 20.7 Å². The van der Waals surface area contributed by atoms with Crippen LogP contribution in [0.2, 0.25) is 0 Å². The van der Waals surface area contributed by atoms with Crippen molar-refractivity contribution in [2.45, 2.75) is 52.6 Å². The zero-order valence-corrected chi connectivity index (χ0v) is 14.0. The van der Waals surface area contributed by atoms with E-state index in [0.29, 0.717) is 0 Å². The molecule has 3 N–H and O–H groups in total. The summed E-state index contributed by atoms with van der Waals surface area (Å²) >= 11 is 0. The summed E-state index contributed by atoms with van der Waals surface area (Å²) in [4.78, 5) is 35.7. The maximum atomic E-state index is 12.2. The molecule has 0 aliphatic heterocycles. The largest absolute Gasteiger partial charge is 0.453 e. The molecular weight excluding hydrogens is 286 g/mol. The summed E-state index contributed by atoms with van der Waals surface area (Å²) in [7, 11) is 1.25. The summed E-state index contributed by atoms with van der Waals surface area (Å²) in [5.41, 5.74) is -0.493. The average molecular weight is 313 g/mol. The fraction of sp³-hybridized carbons (Fsp3) is 0.800. The Kier molecular flexibility index (Phi) is 6.20. The number of alkyl carbamates (subject to hydrolysis) is 1. The fourth-order valence-electron chi connectivity index (χ4n) is 2.14. The van der Waals surface area contributed by atoms with Crippen LogP contribution in [0.4, 0.5) is 4.79 Å². The van der Waals surface area contributed by atoms with E-state index in [1.54, 1.807) is 0 Å². The maximum Gasteiger partial charge on any atom is 0.407 e. The molecule has 1 atom stereocenters. The SMILES string of the molecule is COC(=O)N[C@H](C(=O)NCC1(C(=O)NC(C)C)CC1)C(C)C. The molecule has 0 aromatic rings. The van der Waals surface area contributed by atoms with Crippen molar-refractivity contribution in [1.82, 2.24) is 16.0 Å². The molecule has 0 bridgehead atoms. The van der Waals surface area contributed by atoms with Gasteiger partial charge in [-0.3, -0.25) is 9.59 Å². The van der Waals surface area contributed by atoms with Crippen molar-refractivity contribution in [1.29, 1.82) is 0 Å². The van der Waals surface area contributed by atoms with Crippen LogP contribution in [-0.2, 0) is 14.3 Å². The van der Waals surface area contributed by atoms with E-state index in [4.69, 9.17) is 0 Å². The minimum Gasteiger partial charge on any atom is -0.453 e. The van der Waals surface area contributed by atoms with E-state index in [-0.39, 0.29) is 30.3 Å². The Morgan fingerprint density at radius 1 is 1.09 bits per heavy atom. The molecule has 3 amide bonds. The number of hydrogen-bond acceptors (Lipinski definition) is 4. The van der Waals surface area contributed by atoms with Crippen LogP contribution in [0.1, 0.15) is 40.5 Å². The molecule has 0 saturated heterocycles. The number of amides is 3. The number of carbonyl (C=O) groups is 3. The van der Waals surface area contributed by atoms with Gasteiger partial charge in [0.15, 0.2) is 0 Å². The van der Waals surface area contributed by atoms with Gasteiger partial charge in [0.05, 0.1) is 12.5 Å². The molecule has 1 rings (SSSR count). The summed E-state index contributed by atoms with van der Waals surface area (Å²) < 4.78 is 4.53. The first-order chi connectivity index (χ1) is 10.2. The Balaban J connectivity index is 2.56. The summed E-state index contributed by atoms with van der Waals surface area (Å²) in [6, 6.07) is -0.610. The topological polar surface area (TPSA) is 96.5 Å². The Labute approximate surface area is 131 Å². The number of hydrogen-bond donors (Lipinski definition) is 3. The molecule has 0 heterocycles. The highest BCUT2D eigenvalue weighted by atomic mass is 16.5. The molecule has 1 aliphatic rings. The van der Waals surface area contributed by atoms with Crippen molar-refractivity contribution in [3.63, 3.8) is 0 Å². The molecular formula is C15H27N3O4. The van der Waals surface area contributed by atoms with Crippen LogP contribution in [0.5, 0.6) is 0 Å². The number of rotatable bonds is 7. The molecule has 1 saturated carbocycles. The second kappa shape index (κ2) is 7.47. The zero-order chi connectivity index (χ0) is 16.9. The predicted molar refractivity (Wildman–Crippen MR) is 82.1 cm³/mol. The van der Waals surface area contributed by atoms with Crippen molar-refractivity contribution in [2.75, 3.05) is 13.7 Å². The van der Waals surface area contributed by atoms with Crippen LogP contribution < -0.4 is 16.0 Å². The van der Waals surface area contributed by atoms with Crippen molar-refractivity contribution in [3.8, 4) is 0 Å². The van der Waals surface area contributed by atoms with Crippen LogP contribution in [-0.4, -0.2) is 43.6 Å². The fourth-order valence-corrected chi connectivity index (χ4v) is 2.14. The first kappa shape index (κ1) is 18.3. The van der Waals surface area contributed by atoms with Crippen LogP contribution in [0.25, 0.3) is 0 Å². The quantitative estimate of drug-likeness (QED) is 0.647. The van der Waals surface area contributed by atoms with Gasteiger partial charge in [-0.1, -0.05) is 13.8 Å². The first-order valence-corrected chi connectivity index (χ1v) is 7.65. The Morgan fingerprint density at radius 2 is 1.68 bits per heavy atom. The minimum absolute atomic E-state index is 0.0233. The van der Waals surface area contributed by atoms with Gasteiger partial charge in [0.2, 0.25) is 11.8 Å². The lowest BCUT2D eigenvalue weighted by Crippen LogP contribution is -2.52. The third-order valence-corrected chi connectivity index (χ3v) is 3.76. The normalized spacial score (nSPS) is 16.9. The van der Waals surface area contributed by atoms with Crippen LogP contribution in [0.15, 0.2) is 0 Å². The van der Waals surface area contributed by atoms with Crippen molar-refractivity contribution in [2.24, 2.45) is 11.3 Å². The van der Waals surface area contributed by atoms with E-state index in [9.17, 15) is 14.4 Å². The molecule has 0 spiro atoms. The Bertz CT molecular complexity index is 431. The van der Waals surface area contributed by atoms with Gasteiger partial charge in [-0.25, -0.2) is 4.79 Å². The molecule has 22 heavy (non-hydrogen) atoms. The number of methoxy groups -OCH3 is 1. The lowest BCUT2D eigenvalue weighted by Gasteiger charge is -2.23. The van der Waals surface area contributed by atoms with E-state index >= 15 is 0 Å². The average Bonchev–Trinajstić information content (AvgIpc) is 3.22. The molecule has 1 fully saturated rings. The lowest BCUT2D eigenvalue weighted by atomic mass is 10.0. The molecule has 0 aromatic heterocycles. The Hall–Kier alpha value is -1.79. The summed E-state index contributed by atoms with van der Waals surface area (Å²) in [6.07, 6.45) is 0.887. The summed E-state index contributed by atoms with van der Waals surface area (Å²) in [5.74, 6) is -0.410. The van der Waals surface area contributed by atoms with Crippen molar-refractivity contribution < 1.29 is 19.1 Å². The molecule has 0 aromatic carbocycles. The minimum atomic E-state index is -0.684. The summed E-state index contributed by atoms with van der Waals surface area (Å²) in [5, 5.41) is 8.17. The summed E-state index contributed by atoms with van der Waals surface area (Å²) in [6.45, 7) is 7.76. The second-order valence-electron chi connectivity index (χ2n) is 6.48. The van der Waals surface area contributed by atoms with Gasteiger partial charge in [-0.2, -0.15) is 0 Å². The van der Waals surface area contributed by atoms with Crippen molar-refractivity contribution in [3.05, 3.63) is 0 Å². The highest BCUT2D eigenvalue weighted by molar-refractivity contribution is 5.89. The predicted octanol–water partition coefficient (Wildman–Crippen LogP) is 0.788.